The van der Waals surface area contributed by atoms with Crippen molar-refractivity contribution in [1.29, 1.82) is 0 Å². The molecule has 6 rings (SSSR count). The van der Waals surface area contributed by atoms with Crippen molar-refractivity contribution in [2.45, 2.75) is 13.0 Å². The number of hydrogen-bond donors (Lipinski definition) is 2. The second-order valence-corrected chi connectivity index (χ2v) is 11.0. The molecule has 0 radical (unpaired) electrons. The largest absolute Gasteiger partial charge is 0.493 e. The van der Waals surface area contributed by atoms with Crippen molar-refractivity contribution in [1.82, 2.24) is 20.2 Å². The zero-order chi connectivity index (χ0) is 32.0. The van der Waals surface area contributed by atoms with Crippen LogP contribution in [0.15, 0.2) is 85.2 Å². The van der Waals surface area contributed by atoms with Gasteiger partial charge in [-0.15, -0.1) is 0 Å². The summed E-state index contributed by atoms with van der Waals surface area (Å²) in [6.45, 7) is 3.02. The minimum Gasteiger partial charge on any atom is -0.493 e. The highest BCUT2D eigenvalue weighted by Crippen LogP contribution is 2.33. The number of nitrogens with zero attached hydrogens (tertiary/aromatic N) is 3. The number of anilines is 2. The van der Waals surface area contributed by atoms with Crippen LogP contribution in [0.2, 0.25) is 0 Å². The number of carbonyl (C=O) groups excluding carboxylic acids is 2. The van der Waals surface area contributed by atoms with Gasteiger partial charge in [-0.25, -0.2) is 14.8 Å². The van der Waals surface area contributed by atoms with Crippen LogP contribution in [0.5, 0.6) is 11.5 Å². The summed E-state index contributed by atoms with van der Waals surface area (Å²) in [5, 5.41) is 7.23. The van der Waals surface area contributed by atoms with E-state index in [0.717, 1.165) is 65.3 Å². The van der Waals surface area contributed by atoms with E-state index >= 15 is 0 Å². The topological polar surface area (TPSA) is 115 Å². The molecule has 2 heterocycles. The first kappa shape index (κ1) is 30.5. The molecule has 0 unspecified atom stereocenters. The molecule has 1 aromatic heterocycles. The minimum atomic E-state index is -0.389. The molecular formula is C36H35N5O5. The van der Waals surface area contributed by atoms with Gasteiger partial charge in [-0.3, -0.25) is 9.69 Å². The molecule has 10 nitrogen and oxygen atoms in total. The number of nitrogens with one attached hydrogen (secondary N) is 2. The maximum Gasteiger partial charge on any atom is 0.337 e. The number of esters is 1. The Morgan fingerprint density at radius 1 is 0.804 bits per heavy atom. The third-order valence-electron chi connectivity index (χ3n) is 8.20. The highest BCUT2D eigenvalue weighted by atomic mass is 16.5. The fourth-order valence-corrected chi connectivity index (χ4v) is 5.66. The van der Waals surface area contributed by atoms with Crippen LogP contribution in [0.1, 0.15) is 31.8 Å². The maximum atomic E-state index is 12.9. The van der Waals surface area contributed by atoms with Crippen LogP contribution in [0.25, 0.3) is 22.0 Å². The van der Waals surface area contributed by atoms with E-state index in [1.807, 2.05) is 48.5 Å². The zero-order valence-corrected chi connectivity index (χ0v) is 26.0. The van der Waals surface area contributed by atoms with E-state index < -0.39 is 0 Å². The molecule has 1 aliphatic heterocycles. The summed E-state index contributed by atoms with van der Waals surface area (Å²) in [7, 11) is 4.66. The van der Waals surface area contributed by atoms with Gasteiger partial charge >= 0.3 is 5.97 Å². The van der Waals surface area contributed by atoms with Crippen LogP contribution < -0.4 is 20.1 Å². The van der Waals surface area contributed by atoms with Gasteiger partial charge in [0.15, 0.2) is 11.5 Å². The monoisotopic (exact) mass is 617 g/mol. The van der Waals surface area contributed by atoms with Crippen molar-refractivity contribution in [3.63, 3.8) is 0 Å². The van der Waals surface area contributed by atoms with E-state index in [1.165, 1.54) is 24.6 Å². The molecule has 1 aliphatic rings. The average molecular weight is 618 g/mol. The number of aromatic nitrogens is 2. The minimum absolute atomic E-state index is 0.105. The van der Waals surface area contributed by atoms with Crippen LogP contribution in [-0.4, -0.2) is 67.7 Å². The van der Waals surface area contributed by atoms with Crippen LogP contribution in [-0.2, 0) is 17.7 Å². The lowest BCUT2D eigenvalue weighted by Gasteiger charge is -2.29. The summed E-state index contributed by atoms with van der Waals surface area (Å²) in [5.41, 5.74) is 7.08. The number of amides is 1. The van der Waals surface area contributed by atoms with Gasteiger partial charge in [-0.1, -0.05) is 18.2 Å². The Morgan fingerprint density at radius 3 is 2.22 bits per heavy atom. The summed E-state index contributed by atoms with van der Waals surface area (Å²) in [6, 6.07) is 24.7. The van der Waals surface area contributed by atoms with Gasteiger partial charge in [0.2, 0.25) is 0 Å². The van der Waals surface area contributed by atoms with Gasteiger partial charge in [-0.05, 0) is 89.3 Å². The highest BCUT2D eigenvalue weighted by molar-refractivity contribution is 5.96. The van der Waals surface area contributed by atoms with Crippen LogP contribution >= 0.6 is 0 Å². The number of ether oxygens (including phenoxy) is 3. The van der Waals surface area contributed by atoms with E-state index in [-0.39, 0.29) is 11.9 Å². The standard InChI is InChI=1S/C36H35N5O5/c1-44-32-19-27-14-16-41(21-28(27)20-33(32)45-2)17-15-37-35(42)24-6-4-23(5-7-24)26-10-13-31-30(18-26)34(39-22-38-31)40-29-11-8-25(9-12-29)36(43)46-3/h4-13,18-20,22H,14-17,21H2,1-3H3,(H,37,42)(H,38,39,40). The van der Waals surface area contributed by atoms with Crippen LogP contribution in [0.3, 0.4) is 0 Å². The van der Waals surface area contributed by atoms with Crippen molar-refractivity contribution in [3.8, 4) is 22.6 Å². The molecule has 0 atom stereocenters. The van der Waals surface area contributed by atoms with E-state index in [2.05, 4.69) is 31.6 Å². The SMILES string of the molecule is COC(=O)c1ccc(Nc2ncnc3ccc(-c4ccc(C(=O)NCCN5CCc6cc(OC)c(OC)cc6C5)cc4)cc23)cc1. The van der Waals surface area contributed by atoms with Gasteiger partial charge in [-0.2, -0.15) is 0 Å². The molecule has 2 N–H and O–H groups in total. The van der Waals surface area contributed by atoms with Crippen LogP contribution in [0.4, 0.5) is 11.5 Å². The van der Waals surface area contributed by atoms with Crippen molar-refractivity contribution in [3.05, 3.63) is 107 Å². The molecule has 0 aliphatic carbocycles. The predicted octanol–water partition coefficient (Wildman–Crippen LogP) is 5.63. The predicted molar refractivity (Wildman–Crippen MR) is 177 cm³/mol. The highest BCUT2D eigenvalue weighted by Gasteiger charge is 2.19. The number of methoxy groups -OCH3 is 3. The number of hydrogen-bond acceptors (Lipinski definition) is 9. The third-order valence-corrected chi connectivity index (χ3v) is 8.20. The van der Waals surface area contributed by atoms with Crippen LogP contribution in [0, 0.1) is 0 Å². The third kappa shape index (κ3) is 6.62. The Labute approximate surface area is 267 Å². The molecule has 234 valence electrons. The molecule has 0 saturated heterocycles. The lowest BCUT2D eigenvalue weighted by molar-refractivity contribution is 0.0600. The Balaban J connectivity index is 1.08. The average Bonchev–Trinajstić information content (AvgIpc) is 3.11. The Kier molecular flexibility index (Phi) is 9.07. The van der Waals surface area contributed by atoms with Crippen molar-refractivity contribution in [2.24, 2.45) is 0 Å². The van der Waals surface area contributed by atoms with Gasteiger partial charge in [0.25, 0.3) is 5.91 Å². The Bertz CT molecular complexity index is 1880. The van der Waals surface area contributed by atoms with Gasteiger partial charge in [0.05, 0.1) is 32.4 Å². The molecule has 1 amide bonds. The number of fused-ring (bicyclic) bond motifs is 2. The van der Waals surface area contributed by atoms with Gasteiger partial charge in [0.1, 0.15) is 12.1 Å². The second-order valence-electron chi connectivity index (χ2n) is 11.0. The Morgan fingerprint density at radius 2 is 1.50 bits per heavy atom. The lowest BCUT2D eigenvalue weighted by atomic mass is 9.99. The van der Waals surface area contributed by atoms with Crippen molar-refractivity contribution >= 4 is 34.3 Å². The summed E-state index contributed by atoms with van der Waals surface area (Å²) in [4.78, 5) is 35.9. The first-order valence-electron chi connectivity index (χ1n) is 15.0. The van der Waals surface area contributed by atoms with Crippen molar-refractivity contribution in [2.75, 3.05) is 46.3 Å². The number of rotatable bonds is 10. The zero-order valence-electron chi connectivity index (χ0n) is 26.0. The van der Waals surface area contributed by atoms with Gasteiger partial charge < -0.3 is 24.8 Å². The molecule has 0 fully saturated rings. The smallest absolute Gasteiger partial charge is 0.337 e. The summed E-state index contributed by atoms with van der Waals surface area (Å²) < 4.78 is 15.7. The first-order valence-corrected chi connectivity index (χ1v) is 15.0. The van der Waals surface area contributed by atoms with E-state index in [0.29, 0.717) is 23.5 Å². The summed E-state index contributed by atoms with van der Waals surface area (Å²) in [6.07, 6.45) is 2.44. The van der Waals surface area contributed by atoms with Gasteiger partial charge in [0, 0.05) is 42.8 Å². The number of carbonyl (C=O) groups is 2. The lowest BCUT2D eigenvalue weighted by Crippen LogP contribution is -2.37. The molecule has 0 bridgehead atoms. The molecule has 5 aromatic rings. The number of benzene rings is 4. The fourth-order valence-electron chi connectivity index (χ4n) is 5.66. The summed E-state index contributed by atoms with van der Waals surface area (Å²) in [5.74, 6) is 1.64. The normalized spacial score (nSPS) is 12.7. The van der Waals surface area contributed by atoms with E-state index in [4.69, 9.17) is 14.2 Å². The molecule has 0 spiro atoms. The molecule has 46 heavy (non-hydrogen) atoms. The molecule has 10 heteroatoms. The molecule has 0 saturated carbocycles. The summed E-state index contributed by atoms with van der Waals surface area (Å²) >= 11 is 0. The quantitative estimate of drug-likeness (QED) is 0.192. The Hall–Kier alpha value is -5.48. The fraction of sp³-hybridized carbons (Fsp3) is 0.222. The second kappa shape index (κ2) is 13.7. The first-order chi connectivity index (χ1) is 22.4. The molecular weight excluding hydrogens is 582 g/mol. The van der Waals surface area contributed by atoms with E-state index in [1.54, 1.807) is 38.5 Å². The van der Waals surface area contributed by atoms with Crippen molar-refractivity contribution < 1.29 is 23.8 Å². The maximum absolute atomic E-state index is 12.9. The van der Waals surface area contributed by atoms with E-state index in [9.17, 15) is 9.59 Å². The molecule has 4 aromatic carbocycles.